The number of aromatic carboxylic acids is 1. The van der Waals surface area contributed by atoms with Crippen molar-refractivity contribution in [1.82, 2.24) is 4.98 Å². The van der Waals surface area contributed by atoms with Crippen LogP contribution in [0.1, 0.15) is 16.1 Å². The summed E-state index contributed by atoms with van der Waals surface area (Å²) in [5.74, 6) is -1.46. The third kappa shape index (κ3) is 3.23. The normalized spacial score (nSPS) is 11.2. The number of benzene rings is 1. The quantitative estimate of drug-likeness (QED) is 0.910. The van der Waals surface area contributed by atoms with E-state index < -0.39 is 15.8 Å². The fourth-order valence-electron chi connectivity index (χ4n) is 1.62. The summed E-state index contributed by atoms with van der Waals surface area (Å²) in [7, 11) is -3.63. The van der Waals surface area contributed by atoms with Crippen molar-refractivity contribution in [2.24, 2.45) is 0 Å². The predicted molar refractivity (Wildman–Crippen MR) is 76.2 cm³/mol. The van der Waals surface area contributed by atoms with Crippen molar-refractivity contribution in [3.63, 3.8) is 0 Å². The van der Waals surface area contributed by atoms with E-state index >= 15 is 0 Å². The maximum absolute atomic E-state index is 12.2. The minimum absolute atomic E-state index is 0.0382. The molecular weight excluding hydrogens is 346 g/mol. The van der Waals surface area contributed by atoms with Crippen LogP contribution in [0.3, 0.4) is 0 Å². The highest BCUT2D eigenvalue weighted by Crippen LogP contribution is 2.23. The van der Waals surface area contributed by atoms with Crippen molar-refractivity contribution < 1.29 is 18.3 Å². The fourth-order valence-corrected chi connectivity index (χ4v) is 3.34. The Labute approximate surface area is 124 Å². The SMILES string of the molecule is O=C(O)c1cc(S(=O)(=O)Cc2ccccn2)ccc1Br. The molecule has 7 heteroatoms. The molecule has 1 aromatic carbocycles. The van der Waals surface area contributed by atoms with Gasteiger partial charge < -0.3 is 5.11 Å². The van der Waals surface area contributed by atoms with Crippen molar-refractivity contribution in [2.75, 3.05) is 0 Å². The first-order valence-electron chi connectivity index (χ1n) is 5.55. The number of rotatable bonds is 4. The number of carbonyl (C=O) groups is 1. The van der Waals surface area contributed by atoms with Gasteiger partial charge in [-0.1, -0.05) is 6.07 Å². The van der Waals surface area contributed by atoms with E-state index in [1.54, 1.807) is 18.2 Å². The largest absolute Gasteiger partial charge is 0.478 e. The number of aromatic nitrogens is 1. The van der Waals surface area contributed by atoms with Gasteiger partial charge in [-0.2, -0.15) is 0 Å². The zero-order valence-corrected chi connectivity index (χ0v) is 12.6. The highest BCUT2D eigenvalue weighted by atomic mass is 79.9. The second-order valence-corrected chi connectivity index (χ2v) is 6.87. The first-order valence-corrected chi connectivity index (χ1v) is 8.00. The van der Waals surface area contributed by atoms with Crippen LogP contribution in [0.4, 0.5) is 0 Å². The minimum atomic E-state index is -3.63. The molecule has 0 aliphatic heterocycles. The molecule has 0 saturated heterocycles. The van der Waals surface area contributed by atoms with Crippen LogP contribution in [0.2, 0.25) is 0 Å². The molecule has 0 atom stereocenters. The summed E-state index contributed by atoms with van der Waals surface area (Å²) in [6.07, 6.45) is 1.51. The standard InChI is InChI=1S/C13H10BrNO4S/c14-12-5-4-10(7-11(12)13(16)17)20(18,19)8-9-3-1-2-6-15-9/h1-7H,8H2,(H,16,17). The third-order valence-electron chi connectivity index (χ3n) is 2.59. The van der Waals surface area contributed by atoms with Gasteiger partial charge in [0.25, 0.3) is 0 Å². The first-order chi connectivity index (χ1) is 9.40. The molecule has 0 bridgehead atoms. The molecule has 1 heterocycles. The van der Waals surface area contributed by atoms with Crippen LogP contribution < -0.4 is 0 Å². The van der Waals surface area contributed by atoms with Crippen molar-refractivity contribution in [1.29, 1.82) is 0 Å². The van der Waals surface area contributed by atoms with Crippen molar-refractivity contribution >= 4 is 31.7 Å². The summed E-state index contributed by atoms with van der Waals surface area (Å²) in [6, 6.07) is 8.92. The maximum Gasteiger partial charge on any atom is 0.336 e. The Morgan fingerprint density at radius 2 is 2.00 bits per heavy atom. The number of halogens is 1. The number of pyridine rings is 1. The Hall–Kier alpha value is -1.73. The van der Waals surface area contributed by atoms with E-state index in [4.69, 9.17) is 5.11 Å². The van der Waals surface area contributed by atoms with Crippen LogP contribution >= 0.6 is 15.9 Å². The summed E-state index contributed by atoms with van der Waals surface area (Å²) in [6.45, 7) is 0. The number of nitrogens with zero attached hydrogens (tertiary/aromatic N) is 1. The topological polar surface area (TPSA) is 84.3 Å². The molecule has 0 unspecified atom stereocenters. The number of carboxylic acid groups (broad SMARTS) is 1. The highest BCUT2D eigenvalue weighted by Gasteiger charge is 2.19. The average molecular weight is 356 g/mol. The van der Waals surface area contributed by atoms with Gasteiger partial charge >= 0.3 is 5.97 Å². The van der Waals surface area contributed by atoms with Crippen LogP contribution in [-0.4, -0.2) is 24.5 Å². The minimum Gasteiger partial charge on any atom is -0.478 e. The number of sulfone groups is 1. The monoisotopic (exact) mass is 355 g/mol. The molecule has 1 aromatic heterocycles. The van der Waals surface area contributed by atoms with Gasteiger partial charge in [0.05, 0.1) is 21.9 Å². The van der Waals surface area contributed by atoms with Gasteiger partial charge in [-0.15, -0.1) is 0 Å². The van der Waals surface area contributed by atoms with Crippen molar-refractivity contribution in [3.05, 3.63) is 58.3 Å². The van der Waals surface area contributed by atoms with E-state index in [9.17, 15) is 13.2 Å². The lowest BCUT2D eigenvalue weighted by Gasteiger charge is -2.06. The summed E-state index contributed by atoms with van der Waals surface area (Å²) in [4.78, 5) is 14.9. The zero-order chi connectivity index (χ0) is 14.8. The second-order valence-electron chi connectivity index (χ2n) is 4.03. The molecule has 104 valence electrons. The van der Waals surface area contributed by atoms with E-state index in [0.717, 1.165) is 6.07 Å². The molecule has 2 aromatic rings. The lowest BCUT2D eigenvalue weighted by Crippen LogP contribution is -2.08. The van der Waals surface area contributed by atoms with Gasteiger partial charge in [-0.3, -0.25) is 4.98 Å². The summed E-state index contributed by atoms with van der Waals surface area (Å²) in [5, 5.41) is 9.01. The van der Waals surface area contributed by atoms with E-state index in [2.05, 4.69) is 20.9 Å². The molecule has 0 radical (unpaired) electrons. The molecule has 20 heavy (non-hydrogen) atoms. The summed E-state index contributed by atoms with van der Waals surface area (Å²) < 4.78 is 24.8. The molecular formula is C13H10BrNO4S. The number of carboxylic acids is 1. The predicted octanol–water partition coefficient (Wildman–Crippen LogP) is 2.52. The lowest BCUT2D eigenvalue weighted by molar-refractivity contribution is 0.0695. The third-order valence-corrected chi connectivity index (χ3v) is 4.93. The molecule has 0 spiro atoms. The van der Waals surface area contributed by atoms with Crippen LogP contribution in [0.5, 0.6) is 0 Å². The van der Waals surface area contributed by atoms with Crippen LogP contribution in [0, 0.1) is 0 Å². The average Bonchev–Trinajstić information content (AvgIpc) is 2.39. The van der Waals surface area contributed by atoms with E-state index in [1.165, 1.54) is 18.3 Å². The summed E-state index contributed by atoms with van der Waals surface area (Å²) in [5.41, 5.74) is 0.319. The van der Waals surface area contributed by atoms with Gasteiger partial charge in [0.1, 0.15) is 0 Å². The van der Waals surface area contributed by atoms with Crippen molar-refractivity contribution in [2.45, 2.75) is 10.6 Å². The Balaban J connectivity index is 2.40. The van der Waals surface area contributed by atoms with Gasteiger partial charge in [0.15, 0.2) is 9.84 Å². The molecule has 0 amide bonds. The van der Waals surface area contributed by atoms with Crippen LogP contribution in [-0.2, 0) is 15.6 Å². The van der Waals surface area contributed by atoms with Gasteiger partial charge in [-0.25, -0.2) is 13.2 Å². The lowest BCUT2D eigenvalue weighted by atomic mass is 10.2. The molecule has 0 aliphatic rings. The van der Waals surface area contributed by atoms with Gasteiger partial charge in [0, 0.05) is 10.7 Å². The summed E-state index contributed by atoms with van der Waals surface area (Å²) >= 11 is 3.08. The van der Waals surface area contributed by atoms with Gasteiger partial charge in [-0.05, 0) is 46.3 Å². The molecule has 2 rings (SSSR count). The molecule has 0 aliphatic carbocycles. The highest BCUT2D eigenvalue weighted by molar-refractivity contribution is 9.10. The zero-order valence-electron chi connectivity index (χ0n) is 10.2. The molecule has 0 fully saturated rings. The van der Waals surface area contributed by atoms with E-state index in [-0.39, 0.29) is 16.2 Å². The van der Waals surface area contributed by atoms with Gasteiger partial charge in [0.2, 0.25) is 0 Å². The molecule has 5 nitrogen and oxygen atoms in total. The fraction of sp³-hybridized carbons (Fsp3) is 0.0769. The molecule has 1 N–H and O–H groups in total. The van der Waals surface area contributed by atoms with Crippen LogP contribution in [0.25, 0.3) is 0 Å². The first kappa shape index (κ1) is 14.7. The van der Waals surface area contributed by atoms with Crippen LogP contribution in [0.15, 0.2) is 52.0 Å². The Bertz CT molecular complexity index is 744. The Kier molecular flexibility index (Phi) is 4.20. The Morgan fingerprint density at radius 1 is 1.25 bits per heavy atom. The second kappa shape index (κ2) is 5.72. The Morgan fingerprint density at radius 3 is 2.60 bits per heavy atom. The smallest absolute Gasteiger partial charge is 0.336 e. The maximum atomic E-state index is 12.2. The van der Waals surface area contributed by atoms with E-state index in [1.807, 2.05) is 0 Å². The van der Waals surface area contributed by atoms with E-state index in [0.29, 0.717) is 10.2 Å². The van der Waals surface area contributed by atoms with Crippen molar-refractivity contribution in [3.8, 4) is 0 Å². The molecule has 0 saturated carbocycles. The number of hydrogen-bond donors (Lipinski definition) is 1. The number of hydrogen-bond acceptors (Lipinski definition) is 4.